The van der Waals surface area contributed by atoms with Crippen molar-refractivity contribution in [3.63, 3.8) is 0 Å². The van der Waals surface area contributed by atoms with Gasteiger partial charge in [-0.3, -0.25) is 4.79 Å². The van der Waals surface area contributed by atoms with Gasteiger partial charge in [-0.2, -0.15) is 0 Å². The van der Waals surface area contributed by atoms with Gasteiger partial charge in [-0.15, -0.1) is 0 Å². The molecule has 0 aliphatic carbocycles. The summed E-state index contributed by atoms with van der Waals surface area (Å²) < 4.78 is 50.8. The van der Waals surface area contributed by atoms with Crippen LogP contribution in [0.5, 0.6) is 0 Å². The van der Waals surface area contributed by atoms with E-state index < -0.39 is 38.6 Å². The Morgan fingerprint density at radius 1 is 0.905 bits per heavy atom. The molecule has 0 aliphatic heterocycles. The number of Topliss-reactive ketones (excluding diaryl/α,β-unsaturated/α-hetero) is 1. The molecule has 0 unspecified atom stereocenters. The molecule has 0 spiro atoms. The second kappa shape index (κ2) is 6.13. The van der Waals surface area contributed by atoms with Crippen molar-refractivity contribution in [2.45, 2.75) is 5.75 Å². The minimum Gasteiger partial charge on any atom is -0.293 e. The van der Waals surface area contributed by atoms with E-state index in [9.17, 15) is 22.0 Å². The lowest BCUT2D eigenvalue weighted by atomic mass is 10.1. The zero-order valence-corrected chi connectivity index (χ0v) is 11.7. The summed E-state index contributed by atoms with van der Waals surface area (Å²) in [5.74, 6) is -4.48. The molecule has 0 aromatic heterocycles. The molecule has 2 aromatic rings. The van der Waals surface area contributed by atoms with Crippen LogP contribution in [0.2, 0.25) is 0 Å². The molecule has 0 heterocycles. The zero-order chi connectivity index (χ0) is 15.5. The van der Waals surface area contributed by atoms with Crippen LogP contribution in [-0.4, -0.2) is 20.0 Å². The van der Waals surface area contributed by atoms with Crippen LogP contribution in [0.3, 0.4) is 0 Å². The summed E-state index contributed by atoms with van der Waals surface area (Å²) in [6.45, 7) is 0. The first-order valence-corrected chi connectivity index (χ1v) is 7.93. The van der Waals surface area contributed by atoms with Gasteiger partial charge in [0.2, 0.25) is 0 Å². The molecule has 0 fully saturated rings. The Morgan fingerprint density at radius 2 is 1.48 bits per heavy atom. The Labute approximate surface area is 121 Å². The quantitative estimate of drug-likeness (QED) is 0.798. The molecule has 0 amide bonds. The smallest absolute Gasteiger partial charge is 0.183 e. The topological polar surface area (TPSA) is 51.2 Å². The highest BCUT2D eigenvalue weighted by molar-refractivity contribution is 7.91. The molecular weight excluding hydrogens is 298 g/mol. The molecule has 0 saturated carbocycles. The Balaban J connectivity index is 2.19. The van der Waals surface area contributed by atoms with Gasteiger partial charge in [-0.1, -0.05) is 36.4 Å². The van der Waals surface area contributed by atoms with Gasteiger partial charge in [-0.05, 0) is 17.7 Å². The third kappa shape index (κ3) is 3.95. The molecule has 2 rings (SSSR count). The minimum atomic E-state index is -3.80. The summed E-state index contributed by atoms with van der Waals surface area (Å²) in [4.78, 5) is 11.8. The van der Waals surface area contributed by atoms with E-state index in [0.717, 1.165) is 18.2 Å². The fraction of sp³-hybridized carbons (Fsp3) is 0.133. The van der Waals surface area contributed by atoms with Gasteiger partial charge in [0.05, 0.1) is 11.3 Å². The van der Waals surface area contributed by atoms with Crippen LogP contribution >= 0.6 is 0 Å². The largest absolute Gasteiger partial charge is 0.293 e. The minimum absolute atomic E-state index is 0.352. The fourth-order valence-corrected chi connectivity index (χ4v) is 3.26. The van der Waals surface area contributed by atoms with E-state index in [1.54, 1.807) is 30.3 Å². The molecule has 0 bridgehead atoms. The van der Waals surface area contributed by atoms with Gasteiger partial charge in [-0.25, -0.2) is 17.2 Å². The maximum absolute atomic E-state index is 13.4. The van der Waals surface area contributed by atoms with Crippen LogP contribution in [0.15, 0.2) is 48.5 Å². The lowest BCUT2D eigenvalue weighted by molar-refractivity contribution is 0.101. The number of hydrogen-bond acceptors (Lipinski definition) is 3. The van der Waals surface area contributed by atoms with Crippen LogP contribution in [-0.2, 0) is 15.6 Å². The first-order chi connectivity index (χ1) is 9.89. The van der Waals surface area contributed by atoms with Gasteiger partial charge in [0.15, 0.2) is 15.6 Å². The van der Waals surface area contributed by atoms with Crippen LogP contribution < -0.4 is 0 Å². The number of hydrogen-bond donors (Lipinski definition) is 0. The molecule has 21 heavy (non-hydrogen) atoms. The summed E-state index contributed by atoms with van der Waals surface area (Å²) in [6, 6.07) is 11.2. The molecule has 0 atom stereocenters. The van der Waals surface area contributed by atoms with E-state index in [0.29, 0.717) is 5.56 Å². The number of carbonyl (C=O) groups excluding carboxylic acids is 1. The van der Waals surface area contributed by atoms with Crippen molar-refractivity contribution in [3.05, 3.63) is 71.3 Å². The van der Waals surface area contributed by atoms with Crippen molar-refractivity contribution in [1.29, 1.82) is 0 Å². The highest BCUT2D eigenvalue weighted by Gasteiger charge is 2.23. The van der Waals surface area contributed by atoms with E-state index >= 15 is 0 Å². The van der Waals surface area contributed by atoms with Gasteiger partial charge in [0.1, 0.15) is 17.4 Å². The van der Waals surface area contributed by atoms with E-state index in [-0.39, 0.29) is 5.75 Å². The predicted molar refractivity (Wildman–Crippen MR) is 74.6 cm³/mol. The molecule has 3 nitrogen and oxygen atoms in total. The van der Waals surface area contributed by atoms with E-state index in [1.165, 1.54) is 0 Å². The maximum atomic E-state index is 13.4. The van der Waals surface area contributed by atoms with E-state index in [1.807, 2.05) is 0 Å². The summed E-state index contributed by atoms with van der Waals surface area (Å²) >= 11 is 0. The number of halogens is 2. The predicted octanol–water partition coefficient (Wildman–Crippen LogP) is 2.76. The van der Waals surface area contributed by atoms with Gasteiger partial charge < -0.3 is 0 Å². The van der Waals surface area contributed by atoms with Crippen molar-refractivity contribution in [2.75, 3.05) is 5.75 Å². The second-order valence-corrected chi connectivity index (χ2v) is 6.60. The van der Waals surface area contributed by atoms with Gasteiger partial charge in [0, 0.05) is 0 Å². The number of carbonyl (C=O) groups is 1. The first kappa shape index (κ1) is 15.3. The van der Waals surface area contributed by atoms with Crippen LogP contribution in [0.25, 0.3) is 0 Å². The standard InChI is InChI=1S/C15H12F2O3S/c16-12-7-4-8-13(17)15(12)14(18)10-21(19,20)9-11-5-2-1-3-6-11/h1-8H,9-10H2. The number of sulfone groups is 1. The number of benzene rings is 2. The lowest BCUT2D eigenvalue weighted by Crippen LogP contribution is -2.20. The SMILES string of the molecule is O=C(CS(=O)(=O)Cc1ccccc1)c1c(F)cccc1F. The summed E-state index contributed by atoms with van der Waals surface area (Å²) in [6.07, 6.45) is 0. The Kier molecular flexibility index (Phi) is 4.47. The van der Waals surface area contributed by atoms with Crippen molar-refractivity contribution in [3.8, 4) is 0 Å². The highest BCUT2D eigenvalue weighted by Crippen LogP contribution is 2.15. The van der Waals surface area contributed by atoms with Crippen LogP contribution in [0, 0.1) is 11.6 Å². The lowest BCUT2D eigenvalue weighted by Gasteiger charge is -2.06. The maximum Gasteiger partial charge on any atom is 0.183 e. The molecule has 0 radical (unpaired) electrons. The van der Waals surface area contributed by atoms with Crippen LogP contribution in [0.1, 0.15) is 15.9 Å². The fourth-order valence-electron chi connectivity index (χ4n) is 1.92. The number of ketones is 1. The third-order valence-electron chi connectivity index (χ3n) is 2.82. The molecule has 6 heteroatoms. The normalized spacial score (nSPS) is 11.3. The Hall–Kier alpha value is -2.08. The van der Waals surface area contributed by atoms with Gasteiger partial charge in [0.25, 0.3) is 0 Å². The first-order valence-electron chi connectivity index (χ1n) is 6.10. The van der Waals surface area contributed by atoms with Crippen molar-refractivity contribution < 1.29 is 22.0 Å². The average Bonchev–Trinajstić information content (AvgIpc) is 2.38. The molecule has 2 aromatic carbocycles. The molecule has 0 aliphatic rings. The summed E-state index contributed by atoms with van der Waals surface area (Å²) in [5, 5.41) is 0. The summed E-state index contributed by atoms with van der Waals surface area (Å²) in [5.41, 5.74) is -0.298. The van der Waals surface area contributed by atoms with E-state index in [4.69, 9.17) is 0 Å². The molecule has 0 saturated heterocycles. The zero-order valence-electron chi connectivity index (χ0n) is 10.9. The van der Waals surface area contributed by atoms with Crippen molar-refractivity contribution >= 4 is 15.6 Å². The highest BCUT2D eigenvalue weighted by atomic mass is 32.2. The van der Waals surface area contributed by atoms with Gasteiger partial charge >= 0.3 is 0 Å². The third-order valence-corrected chi connectivity index (χ3v) is 4.30. The monoisotopic (exact) mass is 310 g/mol. The Bertz CT molecular complexity index is 735. The van der Waals surface area contributed by atoms with E-state index in [2.05, 4.69) is 0 Å². The number of rotatable bonds is 5. The molecular formula is C15H12F2O3S. The Morgan fingerprint density at radius 3 is 2.05 bits per heavy atom. The molecule has 110 valence electrons. The summed E-state index contributed by atoms with van der Waals surface area (Å²) in [7, 11) is -3.80. The van der Waals surface area contributed by atoms with Crippen LogP contribution in [0.4, 0.5) is 8.78 Å². The van der Waals surface area contributed by atoms with Crippen molar-refractivity contribution in [2.24, 2.45) is 0 Å². The average molecular weight is 310 g/mol. The second-order valence-electron chi connectivity index (χ2n) is 4.54. The van der Waals surface area contributed by atoms with Crippen molar-refractivity contribution in [1.82, 2.24) is 0 Å². The molecule has 0 N–H and O–H groups in total.